The molecule has 0 aromatic heterocycles. The van der Waals surface area contributed by atoms with Gasteiger partial charge in [-0.1, -0.05) is 6.92 Å². The molecular formula is C10H18N2O3. The van der Waals surface area contributed by atoms with Crippen LogP contribution in [-0.2, 0) is 14.3 Å². The SMILES string of the molecule is CCCN1C=CN(C)C1OC(=O)COC. The van der Waals surface area contributed by atoms with E-state index in [0.717, 1.165) is 13.0 Å². The summed E-state index contributed by atoms with van der Waals surface area (Å²) in [4.78, 5) is 15.1. The van der Waals surface area contributed by atoms with Crippen LogP contribution in [-0.4, -0.2) is 49.4 Å². The number of rotatable bonds is 5. The highest BCUT2D eigenvalue weighted by atomic mass is 16.6. The number of methoxy groups -OCH3 is 1. The van der Waals surface area contributed by atoms with E-state index < -0.39 is 0 Å². The van der Waals surface area contributed by atoms with Crippen molar-refractivity contribution < 1.29 is 14.3 Å². The molecule has 1 heterocycles. The summed E-state index contributed by atoms with van der Waals surface area (Å²) in [5.41, 5.74) is 0. The van der Waals surface area contributed by atoms with Gasteiger partial charge < -0.3 is 19.3 Å². The second-order valence-corrected chi connectivity index (χ2v) is 3.45. The molecule has 0 aromatic carbocycles. The van der Waals surface area contributed by atoms with Crippen molar-refractivity contribution in [2.24, 2.45) is 0 Å². The van der Waals surface area contributed by atoms with Gasteiger partial charge in [-0.05, 0) is 6.42 Å². The van der Waals surface area contributed by atoms with Crippen LogP contribution in [0.15, 0.2) is 12.4 Å². The number of hydrogen-bond acceptors (Lipinski definition) is 5. The first-order valence-electron chi connectivity index (χ1n) is 5.03. The first-order chi connectivity index (χ1) is 7.19. The fraction of sp³-hybridized carbons (Fsp3) is 0.700. The molecule has 15 heavy (non-hydrogen) atoms. The fourth-order valence-corrected chi connectivity index (χ4v) is 1.44. The van der Waals surface area contributed by atoms with Crippen molar-refractivity contribution in [2.75, 3.05) is 27.3 Å². The molecule has 5 heteroatoms. The molecule has 0 bridgehead atoms. The van der Waals surface area contributed by atoms with Crippen LogP contribution in [0.5, 0.6) is 0 Å². The third-order valence-corrected chi connectivity index (χ3v) is 2.11. The predicted molar refractivity (Wildman–Crippen MR) is 55.7 cm³/mol. The van der Waals surface area contributed by atoms with Crippen LogP contribution in [0.1, 0.15) is 13.3 Å². The van der Waals surface area contributed by atoms with Gasteiger partial charge in [0.15, 0.2) is 0 Å². The normalized spacial score (nSPS) is 19.8. The minimum Gasteiger partial charge on any atom is -0.421 e. The lowest BCUT2D eigenvalue weighted by atomic mass is 10.4. The van der Waals surface area contributed by atoms with Crippen molar-refractivity contribution in [3.8, 4) is 0 Å². The fourth-order valence-electron chi connectivity index (χ4n) is 1.44. The zero-order chi connectivity index (χ0) is 11.3. The van der Waals surface area contributed by atoms with Crippen molar-refractivity contribution >= 4 is 5.97 Å². The molecule has 1 unspecified atom stereocenters. The summed E-state index contributed by atoms with van der Waals surface area (Å²) >= 11 is 0. The van der Waals surface area contributed by atoms with Gasteiger partial charge in [0.2, 0.25) is 0 Å². The Balaban J connectivity index is 2.47. The Morgan fingerprint density at radius 3 is 2.80 bits per heavy atom. The van der Waals surface area contributed by atoms with E-state index in [1.165, 1.54) is 7.11 Å². The largest absolute Gasteiger partial charge is 0.421 e. The molecule has 0 amide bonds. The van der Waals surface area contributed by atoms with Crippen molar-refractivity contribution in [3.63, 3.8) is 0 Å². The number of nitrogens with zero attached hydrogens (tertiary/aromatic N) is 2. The Morgan fingerprint density at radius 2 is 2.20 bits per heavy atom. The van der Waals surface area contributed by atoms with E-state index in [-0.39, 0.29) is 18.9 Å². The van der Waals surface area contributed by atoms with Crippen molar-refractivity contribution in [2.45, 2.75) is 19.7 Å². The Hall–Kier alpha value is -1.23. The van der Waals surface area contributed by atoms with Crippen molar-refractivity contribution in [1.82, 2.24) is 9.80 Å². The molecule has 0 N–H and O–H groups in total. The van der Waals surface area contributed by atoms with E-state index in [1.807, 2.05) is 29.2 Å². The Bertz CT molecular complexity index is 243. The number of carbonyl (C=O) groups is 1. The maximum Gasteiger partial charge on any atom is 0.335 e. The topological polar surface area (TPSA) is 42.0 Å². The van der Waals surface area contributed by atoms with Crippen LogP contribution < -0.4 is 0 Å². The van der Waals surface area contributed by atoms with Crippen molar-refractivity contribution in [3.05, 3.63) is 12.4 Å². The standard InChI is InChI=1S/C10H18N2O3/c1-4-5-12-7-6-11(2)10(12)15-9(13)8-14-3/h6-7,10H,4-5,8H2,1-3H3. The average molecular weight is 214 g/mol. The first kappa shape index (κ1) is 11.8. The van der Waals surface area contributed by atoms with E-state index in [0.29, 0.717) is 0 Å². The van der Waals surface area contributed by atoms with E-state index in [9.17, 15) is 4.79 Å². The third kappa shape index (κ3) is 3.13. The van der Waals surface area contributed by atoms with Gasteiger partial charge >= 0.3 is 5.97 Å². The summed E-state index contributed by atoms with van der Waals surface area (Å²) in [5.74, 6) is -0.348. The molecule has 0 spiro atoms. The second-order valence-electron chi connectivity index (χ2n) is 3.45. The van der Waals surface area contributed by atoms with Gasteiger partial charge in [0.25, 0.3) is 6.35 Å². The molecule has 86 valence electrons. The molecule has 0 saturated carbocycles. The van der Waals surface area contributed by atoms with Gasteiger partial charge in [0, 0.05) is 33.1 Å². The minimum absolute atomic E-state index is 0.00962. The van der Waals surface area contributed by atoms with E-state index >= 15 is 0 Å². The summed E-state index contributed by atoms with van der Waals surface area (Å²) < 4.78 is 9.97. The van der Waals surface area contributed by atoms with E-state index in [4.69, 9.17) is 9.47 Å². The first-order valence-corrected chi connectivity index (χ1v) is 5.03. The average Bonchev–Trinajstić information content (AvgIpc) is 2.51. The third-order valence-electron chi connectivity index (χ3n) is 2.11. The van der Waals surface area contributed by atoms with Gasteiger partial charge in [-0.15, -0.1) is 0 Å². The maximum absolute atomic E-state index is 11.3. The molecule has 0 fully saturated rings. The molecule has 0 radical (unpaired) electrons. The number of hydrogen-bond donors (Lipinski definition) is 0. The molecule has 0 aliphatic carbocycles. The van der Waals surface area contributed by atoms with Crippen LogP contribution in [0.4, 0.5) is 0 Å². The Morgan fingerprint density at radius 1 is 1.47 bits per heavy atom. The Labute approximate surface area is 90.2 Å². The minimum atomic E-state index is -0.348. The van der Waals surface area contributed by atoms with Crippen molar-refractivity contribution in [1.29, 1.82) is 0 Å². The van der Waals surface area contributed by atoms with Gasteiger partial charge in [-0.2, -0.15) is 0 Å². The molecule has 5 nitrogen and oxygen atoms in total. The molecule has 1 aliphatic heterocycles. The summed E-state index contributed by atoms with van der Waals surface area (Å²) in [6, 6.07) is 0. The summed E-state index contributed by atoms with van der Waals surface area (Å²) in [6.45, 7) is 2.94. The lowest BCUT2D eigenvalue weighted by Crippen LogP contribution is -2.41. The number of ether oxygens (including phenoxy) is 2. The monoisotopic (exact) mass is 214 g/mol. The lowest BCUT2D eigenvalue weighted by Gasteiger charge is -2.29. The van der Waals surface area contributed by atoms with Gasteiger partial charge in [-0.3, -0.25) is 0 Å². The molecule has 1 atom stereocenters. The van der Waals surface area contributed by atoms with E-state index in [1.54, 1.807) is 0 Å². The number of carbonyl (C=O) groups excluding carboxylic acids is 1. The zero-order valence-electron chi connectivity index (χ0n) is 9.47. The highest BCUT2D eigenvalue weighted by molar-refractivity contribution is 5.70. The van der Waals surface area contributed by atoms with Crippen LogP contribution in [0.25, 0.3) is 0 Å². The molecule has 1 aliphatic rings. The zero-order valence-corrected chi connectivity index (χ0v) is 9.47. The smallest absolute Gasteiger partial charge is 0.335 e. The van der Waals surface area contributed by atoms with Crippen LogP contribution in [0, 0.1) is 0 Å². The van der Waals surface area contributed by atoms with Gasteiger partial charge in [-0.25, -0.2) is 4.79 Å². The lowest BCUT2D eigenvalue weighted by molar-refractivity contribution is -0.171. The van der Waals surface area contributed by atoms with E-state index in [2.05, 4.69) is 6.92 Å². The van der Waals surface area contributed by atoms with Crippen LogP contribution in [0.3, 0.4) is 0 Å². The van der Waals surface area contributed by atoms with Gasteiger partial charge in [0.05, 0.1) is 0 Å². The maximum atomic E-state index is 11.3. The van der Waals surface area contributed by atoms with Crippen LogP contribution in [0.2, 0.25) is 0 Å². The molecule has 1 rings (SSSR count). The predicted octanol–water partition coefficient (Wildman–Crippen LogP) is 0.588. The Kier molecular flexibility index (Phi) is 4.42. The summed E-state index contributed by atoms with van der Waals surface area (Å²) in [6.07, 6.45) is 4.50. The van der Waals surface area contributed by atoms with Crippen LogP contribution >= 0.6 is 0 Å². The van der Waals surface area contributed by atoms with Gasteiger partial charge in [0.1, 0.15) is 6.61 Å². The quantitative estimate of drug-likeness (QED) is 0.626. The second kappa shape index (κ2) is 5.60. The molecule has 0 saturated heterocycles. The molecule has 0 aromatic rings. The molecular weight excluding hydrogens is 196 g/mol. The summed E-state index contributed by atoms with van der Waals surface area (Å²) in [5, 5.41) is 0. The highest BCUT2D eigenvalue weighted by Gasteiger charge is 2.26. The summed E-state index contributed by atoms with van der Waals surface area (Å²) in [7, 11) is 3.35. The number of esters is 1. The highest BCUT2D eigenvalue weighted by Crippen LogP contribution is 2.15.